The molecule has 0 aromatic heterocycles. The van der Waals surface area contributed by atoms with Gasteiger partial charge < -0.3 is 14.7 Å². The van der Waals surface area contributed by atoms with Gasteiger partial charge in [-0.1, -0.05) is 12.5 Å². The molecule has 1 aromatic carbocycles. The predicted molar refractivity (Wildman–Crippen MR) is 110 cm³/mol. The summed E-state index contributed by atoms with van der Waals surface area (Å²) in [6.45, 7) is 4.38. The summed E-state index contributed by atoms with van der Waals surface area (Å²) in [5.74, 6) is 2.70. The number of aliphatic hydroxyl groups is 1. The van der Waals surface area contributed by atoms with E-state index < -0.39 is 17.8 Å². The van der Waals surface area contributed by atoms with Crippen molar-refractivity contribution in [1.29, 1.82) is 0 Å². The van der Waals surface area contributed by atoms with Crippen LogP contribution in [0.1, 0.15) is 37.7 Å². The van der Waals surface area contributed by atoms with E-state index >= 15 is 0 Å². The zero-order chi connectivity index (χ0) is 21.1. The summed E-state index contributed by atoms with van der Waals surface area (Å²) in [5.41, 5.74) is -0.00518. The van der Waals surface area contributed by atoms with Gasteiger partial charge in [0.05, 0.1) is 18.3 Å². The van der Waals surface area contributed by atoms with Gasteiger partial charge in [-0.25, -0.2) is 0 Å². The van der Waals surface area contributed by atoms with Crippen LogP contribution in [0, 0.1) is 17.8 Å². The van der Waals surface area contributed by atoms with Crippen LogP contribution in [0.4, 0.5) is 18.9 Å². The van der Waals surface area contributed by atoms with Crippen molar-refractivity contribution in [2.75, 3.05) is 50.8 Å². The van der Waals surface area contributed by atoms with Crippen LogP contribution in [0.3, 0.4) is 0 Å². The minimum atomic E-state index is -4.32. The molecule has 0 spiro atoms. The highest BCUT2D eigenvalue weighted by Crippen LogP contribution is 2.49. The number of aliphatic hydroxyl groups excluding tert-OH is 1. The van der Waals surface area contributed by atoms with E-state index in [-0.39, 0.29) is 0 Å². The van der Waals surface area contributed by atoms with Gasteiger partial charge in [-0.2, -0.15) is 13.2 Å². The first-order valence-corrected chi connectivity index (χ1v) is 11.3. The monoisotopic (exact) mass is 426 g/mol. The van der Waals surface area contributed by atoms with Crippen LogP contribution in [-0.2, 0) is 10.9 Å². The van der Waals surface area contributed by atoms with E-state index in [1.165, 1.54) is 37.8 Å². The van der Waals surface area contributed by atoms with Gasteiger partial charge >= 0.3 is 6.18 Å². The second kappa shape index (κ2) is 9.45. The molecule has 4 nitrogen and oxygen atoms in total. The number of piperazine rings is 1. The second-order valence-electron chi connectivity index (χ2n) is 9.29. The number of benzene rings is 1. The van der Waals surface area contributed by atoms with Crippen molar-refractivity contribution >= 4 is 5.69 Å². The number of β-amino-alcohol motifs (C(OH)–C–C–N with tert-alkyl or cyclic N) is 1. The van der Waals surface area contributed by atoms with Gasteiger partial charge in [-0.05, 0) is 61.6 Å². The lowest BCUT2D eigenvalue weighted by Crippen LogP contribution is -2.49. The van der Waals surface area contributed by atoms with Gasteiger partial charge in [0.2, 0.25) is 0 Å². The van der Waals surface area contributed by atoms with E-state index in [9.17, 15) is 18.3 Å². The van der Waals surface area contributed by atoms with Crippen molar-refractivity contribution < 1.29 is 23.0 Å². The molecule has 4 rings (SSSR count). The van der Waals surface area contributed by atoms with E-state index in [2.05, 4.69) is 4.90 Å². The number of nitrogens with zero attached hydrogens (tertiary/aromatic N) is 2. The molecular weight excluding hydrogens is 393 g/mol. The molecule has 1 aromatic rings. The summed E-state index contributed by atoms with van der Waals surface area (Å²) in [6.07, 6.45) is 1.87. The van der Waals surface area contributed by atoms with Crippen LogP contribution in [0.25, 0.3) is 0 Å². The molecule has 7 heteroatoms. The normalized spacial score (nSPS) is 28.3. The minimum absolute atomic E-state index is 0.356. The number of halogens is 3. The Bertz CT molecular complexity index is 691. The molecule has 30 heavy (non-hydrogen) atoms. The highest BCUT2D eigenvalue weighted by molar-refractivity contribution is 5.49. The van der Waals surface area contributed by atoms with Crippen LogP contribution in [0.15, 0.2) is 24.3 Å². The van der Waals surface area contributed by atoms with Crippen LogP contribution >= 0.6 is 0 Å². The molecule has 1 aliphatic heterocycles. The average Bonchev–Trinajstić information content (AvgIpc) is 3.35. The largest absolute Gasteiger partial charge is 0.416 e. The van der Waals surface area contributed by atoms with Crippen molar-refractivity contribution in [3.8, 4) is 0 Å². The van der Waals surface area contributed by atoms with Crippen LogP contribution in [0.5, 0.6) is 0 Å². The van der Waals surface area contributed by atoms with Gasteiger partial charge in [0.1, 0.15) is 0 Å². The lowest BCUT2D eigenvalue weighted by Gasteiger charge is -2.37. The third kappa shape index (κ3) is 5.48. The van der Waals surface area contributed by atoms with Crippen molar-refractivity contribution in [3.63, 3.8) is 0 Å². The van der Waals surface area contributed by atoms with Gasteiger partial charge in [0.25, 0.3) is 0 Å². The fraction of sp³-hybridized carbons (Fsp3) is 0.739. The lowest BCUT2D eigenvalue weighted by atomic mass is 9.87. The fourth-order valence-corrected chi connectivity index (χ4v) is 5.60. The molecular formula is C23H33F3N2O2. The molecule has 2 bridgehead atoms. The maximum atomic E-state index is 12.9. The molecule has 0 radical (unpaired) electrons. The van der Waals surface area contributed by atoms with E-state index in [0.29, 0.717) is 31.9 Å². The second-order valence-corrected chi connectivity index (χ2v) is 9.29. The summed E-state index contributed by atoms with van der Waals surface area (Å²) in [4.78, 5) is 4.14. The maximum Gasteiger partial charge on any atom is 0.416 e. The Morgan fingerprint density at radius 3 is 2.57 bits per heavy atom. The molecule has 3 aliphatic rings. The number of fused-ring (bicyclic) bond motifs is 2. The van der Waals surface area contributed by atoms with Crippen LogP contribution < -0.4 is 4.90 Å². The van der Waals surface area contributed by atoms with Crippen molar-refractivity contribution in [3.05, 3.63) is 29.8 Å². The van der Waals surface area contributed by atoms with Crippen molar-refractivity contribution in [2.24, 2.45) is 17.8 Å². The Kier molecular flexibility index (Phi) is 6.90. The molecule has 0 unspecified atom stereocenters. The molecule has 168 valence electrons. The van der Waals surface area contributed by atoms with Crippen LogP contribution in [-0.4, -0.2) is 62.0 Å². The number of ether oxygens (including phenoxy) is 1. The smallest absolute Gasteiger partial charge is 0.389 e. The zero-order valence-electron chi connectivity index (χ0n) is 17.5. The SMILES string of the molecule is O[C@@H](COCC[C@H]1C[C@H]2CC[C@H]1C2)CN1CCN(c2cccc(C(F)(F)F)c2)CC1. The van der Waals surface area contributed by atoms with E-state index in [1.54, 1.807) is 6.07 Å². The summed E-state index contributed by atoms with van der Waals surface area (Å²) >= 11 is 0. The predicted octanol–water partition coefficient (Wildman–Crippen LogP) is 4.03. The molecule has 1 heterocycles. The first-order valence-electron chi connectivity index (χ1n) is 11.3. The Labute approximate surface area is 177 Å². The Morgan fingerprint density at radius 1 is 1.10 bits per heavy atom. The molecule has 1 N–H and O–H groups in total. The number of alkyl halides is 3. The third-order valence-corrected chi connectivity index (χ3v) is 7.21. The summed E-state index contributed by atoms with van der Waals surface area (Å²) in [7, 11) is 0. The average molecular weight is 427 g/mol. The highest BCUT2D eigenvalue weighted by atomic mass is 19.4. The topological polar surface area (TPSA) is 35.9 Å². The quantitative estimate of drug-likeness (QED) is 0.637. The number of anilines is 1. The summed E-state index contributed by atoms with van der Waals surface area (Å²) in [5, 5.41) is 10.3. The van der Waals surface area contributed by atoms with Gasteiger partial charge in [0.15, 0.2) is 0 Å². The first kappa shape index (κ1) is 21.9. The van der Waals surface area contributed by atoms with Crippen LogP contribution in [0.2, 0.25) is 0 Å². The van der Waals surface area contributed by atoms with Gasteiger partial charge in [-0.3, -0.25) is 4.90 Å². The molecule has 4 atom stereocenters. The standard InChI is InChI=1S/C23H33F3N2O2/c24-23(25,26)20-2-1-3-21(14-20)28-9-7-27(8-10-28)15-22(29)16-30-11-6-19-13-17-4-5-18(19)12-17/h1-3,14,17-19,22,29H,4-13,15-16H2/t17-,18-,19-,22+/m0/s1. The molecule has 0 amide bonds. The lowest BCUT2D eigenvalue weighted by molar-refractivity contribution is -0.137. The summed E-state index contributed by atoms with van der Waals surface area (Å²) in [6, 6.07) is 5.51. The highest BCUT2D eigenvalue weighted by Gasteiger charge is 2.38. The fourth-order valence-electron chi connectivity index (χ4n) is 5.60. The maximum absolute atomic E-state index is 12.9. The zero-order valence-corrected chi connectivity index (χ0v) is 17.5. The van der Waals surface area contributed by atoms with Crippen molar-refractivity contribution in [1.82, 2.24) is 4.90 Å². The third-order valence-electron chi connectivity index (χ3n) is 7.21. The number of hydrogen-bond donors (Lipinski definition) is 1. The molecule has 2 aliphatic carbocycles. The Hall–Kier alpha value is -1.31. The van der Waals surface area contributed by atoms with Gasteiger partial charge in [0, 0.05) is 45.0 Å². The molecule has 2 saturated carbocycles. The van der Waals surface area contributed by atoms with E-state index in [0.717, 1.165) is 49.9 Å². The summed E-state index contributed by atoms with van der Waals surface area (Å²) < 4.78 is 44.5. The van der Waals surface area contributed by atoms with E-state index in [4.69, 9.17) is 4.74 Å². The van der Waals surface area contributed by atoms with E-state index in [1.807, 2.05) is 4.90 Å². The number of hydrogen-bond acceptors (Lipinski definition) is 4. The minimum Gasteiger partial charge on any atom is -0.389 e. The Morgan fingerprint density at radius 2 is 1.90 bits per heavy atom. The molecule has 3 fully saturated rings. The Balaban J connectivity index is 1.13. The first-order chi connectivity index (χ1) is 14.4. The molecule has 1 saturated heterocycles. The van der Waals surface area contributed by atoms with Crippen molar-refractivity contribution in [2.45, 2.75) is 44.4 Å². The number of rotatable bonds is 8. The van der Waals surface area contributed by atoms with Gasteiger partial charge in [-0.15, -0.1) is 0 Å².